The number of methoxy groups -OCH3 is 1. The van der Waals surface area contributed by atoms with Gasteiger partial charge in [-0.15, -0.1) is 0 Å². The number of aromatic hydroxyl groups is 4. The summed E-state index contributed by atoms with van der Waals surface area (Å²) in [5.74, 6) is -2.83. The zero-order valence-corrected chi connectivity index (χ0v) is 12.4. The van der Waals surface area contributed by atoms with Crippen LogP contribution < -0.4 is 9.47 Å². The van der Waals surface area contributed by atoms with Gasteiger partial charge in [0.2, 0.25) is 11.5 Å². The van der Waals surface area contributed by atoms with E-state index < -0.39 is 35.2 Å². The van der Waals surface area contributed by atoms with Crippen molar-refractivity contribution in [3.05, 3.63) is 35.4 Å². The molecule has 8 nitrogen and oxygen atoms in total. The maximum atomic E-state index is 12.3. The number of carbonyl (C=O) groups is 1. The van der Waals surface area contributed by atoms with E-state index in [1.165, 1.54) is 13.2 Å². The van der Waals surface area contributed by atoms with Crippen LogP contribution in [0.4, 0.5) is 0 Å². The molecule has 3 rings (SSSR count). The zero-order chi connectivity index (χ0) is 17.6. The lowest BCUT2D eigenvalue weighted by Gasteiger charge is -2.30. The van der Waals surface area contributed by atoms with Crippen molar-refractivity contribution in [1.29, 1.82) is 0 Å². The Balaban J connectivity index is 2.11. The molecule has 0 saturated heterocycles. The van der Waals surface area contributed by atoms with Crippen molar-refractivity contribution in [2.45, 2.75) is 12.2 Å². The molecule has 0 bridgehead atoms. The van der Waals surface area contributed by atoms with Gasteiger partial charge >= 0.3 is 0 Å². The highest BCUT2D eigenvalue weighted by Crippen LogP contribution is 2.44. The summed E-state index contributed by atoms with van der Waals surface area (Å²) < 4.78 is 10.4. The van der Waals surface area contributed by atoms with Gasteiger partial charge in [-0.1, -0.05) is 0 Å². The summed E-state index contributed by atoms with van der Waals surface area (Å²) in [5.41, 5.74) is -0.0806. The minimum atomic E-state index is -1.67. The van der Waals surface area contributed by atoms with E-state index in [1.54, 1.807) is 0 Å². The number of carbonyl (C=O) groups excluding carboxylic acids is 1. The Bertz CT molecular complexity index is 829. The maximum Gasteiger partial charge on any atom is 0.202 e. The van der Waals surface area contributed by atoms with Crippen LogP contribution in [-0.2, 0) is 0 Å². The molecule has 2 unspecified atom stereocenters. The lowest BCUT2D eigenvalue weighted by molar-refractivity contribution is 0.0209. The van der Waals surface area contributed by atoms with Crippen molar-refractivity contribution in [3.8, 4) is 34.5 Å². The van der Waals surface area contributed by atoms with Crippen molar-refractivity contribution >= 4 is 5.78 Å². The van der Waals surface area contributed by atoms with E-state index in [-0.39, 0.29) is 28.4 Å². The van der Waals surface area contributed by atoms with E-state index in [0.29, 0.717) is 0 Å². The molecule has 8 heteroatoms. The van der Waals surface area contributed by atoms with Crippen molar-refractivity contribution in [1.82, 2.24) is 0 Å². The fourth-order valence-corrected chi connectivity index (χ4v) is 2.60. The number of hydrogen-bond donors (Lipinski definition) is 5. The lowest BCUT2D eigenvalue weighted by atomic mass is 9.92. The normalized spacial score (nSPS) is 19.5. The minimum absolute atomic E-state index is 0.0715. The Morgan fingerprint density at radius 3 is 2.42 bits per heavy atom. The minimum Gasteiger partial charge on any atom is -0.508 e. The average molecular weight is 334 g/mol. The summed E-state index contributed by atoms with van der Waals surface area (Å²) >= 11 is 0. The van der Waals surface area contributed by atoms with Crippen LogP contribution in [0.15, 0.2) is 24.3 Å². The number of fused-ring (bicyclic) bond motifs is 1. The first-order chi connectivity index (χ1) is 11.3. The predicted octanol–water partition coefficient (Wildman–Crippen LogP) is 1.19. The lowest BCUT2D eigenvalue weighted by Crippen LogP contribution is -2.36. The number of Topliss-reactive ketones (excluding diaryl/α,β-unsaturated/α-hetero) is 1. The van der Waals surface area contributed by atoms with E-state index in [2.05, 4.69) is 0 Å². The summed E-state index contributed by atoms with van der Waals surface area (Å²) in [6.07, 6.45) is -2.90. The molecular formula is C16H14O8. The molecule has 1 heterocycles. The SMILES string of the molecule is COc1cc(C2Oc3cc(O)cc(O)c3C(=O)C2O)cc(O)c1O. The number of benzene rings is 2. The van der Waals surface area contributed by atoms with Gasteiger partial charge in [0, 0.05) is 17.7 Å². The number of rotatable bonds is 2. The summed E-state index contributed by atoms with van der Waals surface area (Å²) in [6, 6.07) is 4.50. The van der Waals surface area contributed by atoms with Gasteiger partial charge in [-0.25, -0.2) is 0 Å². The predicted molar refractivity (Wildman–Crippen MR) is 79.8 cm³/mol. The van der Waals surface area contributed by atoms with Gasteiger partial charge in [-0.05, 0) is 12.1 Å². The Labute approximate surface area is 135 Å². The average Bonchev–Trinajstić information content (AvgIpc) is 2.52. The van der Waals surface area contributed by atoms with Gasteiger partial charge in [0.05, 0.1) is 7.11 Å². The molecule has 0 aromatic heterocycles. The fraction of sp³-hybridized carbons (Fsp3) is 0.188. The molecule has 5 N–H and O–H groups in total. The summed E-state index contributed by atoms with van der Waals surface area (Å²) in [6.45, 7) is 0. The topological polar surface area (TPSA) is 137 Å². The first-order valence-electron chi connectivity index (χ1n) is 6.88. The number of phenolic OH excluding ortho intramolecular Hbond substituents is 4. The maximum absolute atomic E-state index is 12.3. The van der Waals surface area contributed by atoms with Crippen LogP contribution in [-0.4, -0.2) is 44.5 Å². The molecule has 1 aliphatic rings. The first-order valence-corrected chi connectivity index (χ1v) is 6.88. The van der Waals surface area contributed by atoms with E-state index in [0.717, 1.165) is 18.2 Å². The number of phenols is 4. The number of hydrogen-bond acceptors (Lipinski definition) is 8. The van der Waals surface area contributed by atoms with Crippen LogP contribution in [0.25, 0.3) is 0 Å². The Kier molecular flexibility index (Phi) is 3.61. The van der Waals surface area contributed by atoms with Crippen LogP contribution in [0.1, 0.15) is 22.0 Å². The zero-order valence-electron chi connectivity index (χ0n) is 12.4. The molecule has 2 aromatic carbocycles. The quantitative estimate of drug-likeness (QED) is 0.517. The van der Waals surface area contributed by atoms with Gasteiger partial charge in [0.25, 0.3) is 0 Å². The van der Waals surface area contributed by atoms with Gasteiger partial charge in [-0.3, -0.25) is 4.79 Å². The van der Waals surface area contributed by atoms with E-state index >= 15 is 0 Å². The molecule has 2 aromatic rings. The third-order valence-corrected chi connectivity index (χ3v) is 3.75. The fourth-order valence-electron chi connectivity index (χ4n) is 2.60. The van der Waals surface area contributed by atoms with E-state index in [9.17, 15) is 30.3 Å². The van der Waals surface area contributed by atoms with Crippen LogP contribution in [0, 0.1) is 0 Å². The van der Waals surface area contributed by atoms with Crippen molar-refractivity contribution < 1.29 is 39.8 Å². The smallest absolute Gasteiger partial charge is 0.202 e. The first kappa shape index (κ1) is 15.8. The van der Waals surface area contributed by atoms with Crippen LogP contribution >= 0.6 is 0 Å². The van der Waals surface area contributed by atoms with Gasteiger partial charge < -0.3 is 35.0 Å². The summed E-state index contributed by atoms with van der Waals surface area (Å²) in [5, 5.41) is 48.9. The van der Waals surface area contributed by atoms with Gasteiger partial charge in [-0.2, -0.15) is 0 Å². The number of ketones is 1. The van der Waals surface area contributed by atoms with Crippen molar-refractivity contribution in [2.75, 3.05) is 7.11 Å². The third-order valence-electron chi connectivity index (χ3n) is 3.75. The second-order valence-electron chi connectivity index (χ2n) is 5.28. The second-order valence-corrected chi connectivity index (χ2v) is 5.28. The molecule has 2 atom stereocenters. The van der Waals surface area contributed by atoms with Gasteiger partial charge in [0.15, 0.2) is 23.7 Å². The molecule has 0 radical (unpaired) electrons. The molecule has 0 aliphatic carbocycles. The van der Waals surface area contributed by atoms with E-state index in [1.807, 2.05) is 0 Å². The molecule has 126 valence electrons. The highest BCUT2D eigenvalue weighted by atomic mass is 16.5. The Morgan fingerprint density at radius 1 is 1.04 bits per heavy atom. The number of ether oxygens (including phenoxy) is 2. The largest absolute Gasteiger partial charge is 0.508 e. The third kappa shape index (κ3) is 2.33. The van der Waals surface area contributed by atoms with Crippen molar-refractivity contribution in [3.63, 3.8) is 0 Å². The molecule has 0 amide bonds. The molecule has 1 aliphatic heterocycles. The molecule has 0 fully saturated rings. The number of aliphatic hydroxyl groups is 1. The van der Waals surface area contributed by atoms with E-state index in [4.69, 9.17) is 9.47 Å². The Morgan fingerprint density at radius 2 is 1.75 bits per heavy atom. The van der Waals surface area contributed by atoms with Crippen LogP contribution in [0.3, 0.4) is 0 Å². The molecule has 0 saturated carbocycles. The molecule has 0 spiro atoms. The standard InChI is InChI=1S/C16H14O8/c1-23-11-3-6(2-9(19)13(11)20)16-15(22)14(21)12-8(18)4-7(17)5-10(12)24-16/h2-5,15-20,22H,1H3. The highest BCUT2D eigenvalue weighted by molar-refractivity contribution is 6.05. The Hall–Kier alpha value is -3.13. The highest BCUT2D eigenvalue weighted by Gasteiger charge is 2.39. The summed E-state index contributed by atoms with van der Waals surface area (Å²) in [4.78, 5) is 12.3. The second kappa shape index (κ2) is 5.50. The van der Waals surface area contributed by atoms with Crippen LogP contribution in [0.2, 0.25) is 0 Å². The van der Waals surface area contributed by atoms with Crippen LogP contribution in [0.5, 0.6) is 34.5 Å². The molecule has 24 heavy (non-hydrogen) atoms. The monoisotopic (exact) mass is 334 g/mol. The summed E-state index contributed by atoms with van der Waals surface area (Å²) in [7, 11) is 1.27. The van der Waals surface area contributed by atoms with Gasteiger partial charge in [0.1, 0.15) is 22.8 Å². The van der Waals surface area contributed by atoms with Crippen molar-refractivity contribution in [2.24, 2.45) is 0 Å². The molecular weight excluding hydrogens is 320 g/mol. The number of aliphatic hydroxyl groups excluding tert-OH is 1.